The summed E-state index contributed by atoms with van der Waals surface area (Å²) in [5, 5.41) is 2.48. The summed E-state index contributed by atoms with van der Waals surface area (Å²) >= 11 is 6.13. The highest BCUT2D eigenvalue weighted by molar-refractivity contribution is 6.53. The number of imide groups is 1. The molecule has 4 aromatic rings. The Labute approximate surface area is 238 Å². The Bertz CT molecular complexity index is 1650. The standard InChI is InChI=1S/C31H20ClFN2O6/c32-26-27(29(37)35(28(26)36)24-14-10-22(33)11-15-24)34-23-12-6-21(7-13-23)31(39)41-25-16-8-20(9-17-25)30(38)40-18-19-4-2-1-3-5-19/h1-17,34H,18H2. The minimum Gasteiger partial charge on any atom is -0.457 e. The third kappa shape index (κ3) is 6.15. The van der Waals surface area contributed by atoms with Crippen LogP contribution in [0.5, 0.6) is 5.75 Å². The van der Waals surface area contributed by atoms with Crippen molar-refractivity contribution in [2.45, 2.75) is 6.61 Å². The number of nitrogens with zero attached hydrogens (tertiary/aromatic N) is 1. The molecule has 8 nitrogen and oxygen atoms in total. The van der Waals surface area contributed by atoms with E-state index in [4.69, 9.17) is 21.1 Å². The molecule has 0 radical (unpaired) electrons. The highest BCUT2D eigenvalue weighted by Gasteiger charge is 2.39. The van der Waals surface area contributed by atoms with Crippen molar-refractivity contribution in [3.8, 4) is 5.75 Å². The first kappa shape index (κ1) is 27.3. The zero-order valence-electron chi connectivity index (χ0n) is 21.2. The van der Waals surface area contributed by atoms with Gasteiger partial charge in [-0.25, -0.2) is 18.9 Å². The number of hydrogen-bond donors (Lipinski definition) is 1. The van der Waals surface area contributed by atoms with Gasteiger partial charge in [0.1, 0.15) is 28.9 Å². The molecule has 1 N–H and O–H groups in total. The van der Waals surface area contributed by atoms with Crippen molar-refractivity contribution in [2.24, 2.45) is 0 Å². The predicted molar refractivity (Wildman–Crippen MR) is 149 cm³/mol. The molecule has 0 spiro atoms. The van der Waals surface area contributed by atoms with Crippen LogP contribution in [0, 0.1) is 5.82 Å². The van der Waals surface area contributed by atoms with Crippen molar-refractivity contribution in [1.29, 1.82) is 0 Å². The van der Waals surface area contributed by atoms with E-state index in [1.54, 1.807) is 0 Å². The zero-order chi connectivity index (χ0) is 28.9. The van der Waals surface area contributed by atoms with Crippen LogP contribution >= 0.6 is 11.6 Å². The van der Waals surface area contributed by atoms with Crippen molar-refractivity contribution in [3.63, 3.8) is 0 Å². The van der Waals surface area contributed by atoms with Crippen molar-refractivity contribution in [3.05, 3.63) is 136 Å². The molecule has 0 aliphatic carbocycles. The monoisotopic (exact) mass is 570 g/mol. The molecule has 4 aromatic carbocycles. The van der Waals surface area contributed by atoms with E-state index < -0.39 is 29.6 Å². The van der Waals surface area contributed by atoms with E-state index in [1.807, 2.05) is 30.3 Å². The quantitative estimate of drug-likeness (QED) is 0.161. The number of rotatable bonds is 8. The van der Waals surface area contributed by atoms with E-state index in [0.29, 0.717) is 11.3 Å². The molecule has 1 aliphatic rings. The van der Waals surface area contributed by atoms with Crippen LogP contribution in [0.1, 0.15) is 26.3 Å². The molecule has 41 heavy (non-hydrogen) atoms. The normalized spacial score (nSPS) is 12.9. The van der Waals surface area contributed by atoms with Gasteiger partial charge < -0.3 is 14.8 Å². The summed E-state index contributed by atoms with van der Waals surface area (Å²) in [6, 6.07) is 26.0. The van der Waals surface area contributed by atoms with Gasteiger partial charge in [0.25, 0.3) is 11.8 Å². The number of carbonyl (C=O) groups excluding carboxylic acids is 4. The number of anilines is 2. The first-order valence-corrected chi connectivity index (χ1v) is 12.6. The minimum atomic E-state index is -0.749. The van der Waals surface area contributed by atoms with Crippen LogP contribution in [0.2, 0.25) is 0 Å². The Balaban J connectivity index is 1.18. The molecule has 204 valence electrons. The van der Waals surface area contributed by atoms with Crippen LogP contribution in [0.15, 0.2) is 114 Å². The molecule has 0 atom stereocenters. The highest BCUT2D eigenvalue weighted by atomic mass is 35.5. The van der Waals surface area contributed by atoms with Gasteiger partial charge in [-0.15, -0.1) is 0 Å². The van der Waals surface area contributed by atoms with E-state index in [0.717, 1.165) is 22.6 Å². The van der Waals surface area contributed by atoms with Crippen LogP contribution in [-0.2, 0) is 20.9 Å². The van der Waals surface area contributed by atoms with Gasteiger partial charge >= 0.3 is 11.9 Å². The van der Waals surface area contributed by atoms with Crippen molar-refractivity contribution >= 4 is 46.7 Å². The summed E-state index contributed by atoms with van der Waals surface area (Å²) in [6.07, 6.45) is 0. The maximum Gasteiger partial charge on any atom is 0.343 e. The Hall–Kier alpha value is -5.28. The van der Waals surface area contributed by atoms with Gasteiger partial charge in [0, 0.05) is 5.69 Å². The number of hydrogen-bond acceptors (Lipinski definition) is 7. The summed E-state index contributed by atoms with van der Waals surface area (Å²) in [5.41, 5.74) is 1.79. The molecule has 0 saturated heterocycles. The van der Waals surface area contributed by atoms with Gasteiger partial charge in [-0.1, -0.05) is 41.9 Å². The number of carbonyl (C=O) groups is 4. The molecule has 1 aliphatic heterocycles. The first-order chi connectivity index (χ1) is 19.8. The molecule has 5 rings (SSSR count). The largest absolute Gasteiger partial charge is 0.457 e. The lowest BCUT2D eigenvalue weighted by Gasteiger charge is -2.15. The molecule has 1 heterocycles. The fourth-order valence-electron chi connectivity index (χ4n) is 3.90. The summed E-state index contributed by atoms with van der Waals surface area (Å²) in [4.78, 5) is 51.2. The summed E-state index contributed by atoms with van der Waals surface area (Å²) in [7, 11) is 0. The molecule has 0 aromatic heterocycles. The van der Waals surface area contributed by atoms with Crippen LogP contribution in [0.25, 0.3) is 0 Å². The lowest BCUT2D eigenvalue weighted by molar-refractivity contribution is -0.120. The summed E-state index contributed by atoms with van der Waals surface area (Å²) < 4.78 is 23.9. The fourth-order valence-corrected chi connectivity index (χ4v) is 4.11. The van der Waals surface area contributed by atoms with Gasteiger partial charge in [-0.3, -0.25) is 9.59 Å². The van der Waals surface area contributed by atoms with Gasteiger partial charge in [0.15, 0.2) is 0 Å². The first-order valence-electron chi connectivity index (χ1n) is 12.2. The fraction of sp³-hybridized carbons (Fsp3) is 0.0323. The molecular formula is C31H20ClFN2O6. The lowest BCUT2D eigenvalue weighted by atomic mass is 10.2. The number of nitrogens with one attached hydrogen (secondary N) is 1. The molecule has 0 bridgehead atoms. The average molecular weight is 571 g/mol. The van der Waals surface area contributed by atoms with Crippen molar-refractivity contribution in [2.75, 3.05) is 10.2 Å². The topological polar surface area (TPSA) is 102 Å². The summed E-state index contributed by atoms with van der Waals surface area (Å²) in [6.45, 7) is 0.141. The van der Waals surface area contributed by atoms with Gasteiger partial charge in [-0.2, -0.15) is 0 Å². The average Bonchev–Trinajstić information content (AvgIpc) is 3.20. The number of halogens is 2. The predicted octanol–water partition coefficient (Wildman–Crippen LogP) is 5.84. The number of ether oxygens (including phenoxy) is 2. The summed E-state index contributed by atoms with van der Waals surface area (Å²) in [5.74, 6) is -2.90. The van der Waals surface area contributed by atoms with Crippen molar-refractivity contribution in [1.82, 2.24) is 0 Å². The van der Waals surface area contributed by atoms with Crippen LogP contribution < -0.4 is 15.0 Å². The Kier molecular flexibility index (Phi) is 7.89. The van der Waals surface area contributed by atoms with E-state index >= 15 is 0 Å². The molecule has 0 saturated carbocycles. The Morgan fingerprint density at radius 2 is 1.37 bits per heavy atom. The SMILES string of the molecule is O=C(OCc1ccccc1)c1ccc(OC(=O)c2ccc(NC3=C(Cl)C(=O)N(c4ccc(F)cc4)C3=O)cc2)cc1. The van der Waals surface area contributed by atoms with Gasteiger partial charge in [0.05, 0.1) is 16.8 Å². The maximum absolute atomic E-state index is 13.3. The van der Waals surface area contributed by atoms with Crippen molar-refractivity contribution < 1.29 is 33.0 Å². The lowest BCUT2D eigenvalue weighted by Crippen LogP contribution is -2.32. The minimum absolute atomic E-state index is 0.141. The molecular weight excluding hydrogens is 551 g/mol. The third-order valence-electron chi connectivity index (χ3n) is 6.02. The van der Waals surface area contributed by atoms with Gasteiger partial charge in [0.2, 0.25) is 0 Å². The molecule has 2 amide bonds. The zero-order valence-corrected chi connectivity index (χ0v) is 21.9. The van der Waals surface area contributed by atoms with Crippen LogP contribution in [0.3, 0.4) is 0 Å². The smallest absolute Gasteiger partial charge is 0.343 e. The molecule has 0 fully saturated rings. The van der Waals surface area contributed by atoms with Crippen LogP contribution in [-0.4, -0.2) is 23.8 Å². The van der Waals surface area contributed by atoms with E-state index in [-0.39, 0.29) is 34.3 Å². The van der Waals surface area contributed by atoms with E-state index in [2.05, 4.69) is 5.32 Å². The Morgan fingerprint density at radius 3 is 2.02 bits per heavy atom. The second-order valence-corrected chi connectivity index (χ2v) is 9.17. The molecule has 0 unspecified atom stereocenters. The van der Waals surface area contributed by atoms with Gasteiger partial charge in [-0.05, 0) is 78.4 Å². The number of benzene rings is 4. The van der Waals surface area contributed by atoms with E-state index in [1.165, 1.54) is 60.7 Å². The second-order valence-electron chi connectivity index (χ2n) is 8.79. The maximum atomic E-state index is 13.3. The van der Waals surface area contributed by atoms with Crippen LogP contribution in [0.4, 0.5) is 15.8 Å². The number of esters is 2. The Morgan fingerprint density at radius 1 is 0.756 bits per heavy atom. The second kappa shape index (κ2) is 11.8. The highest BCUT2D eigenvalue weighted by Crippen LogP contribution is 2.30. The third-order valence-corrected chi connectivity index (χ3v) is 6.37. The molecule has 10 heteroatoms. The number of amides is 2. The van der Waals surface area contributed by atoms with E-state index in [9.17, 15) is 23.6 Å².